The van der Waals surface area contributed by atoms with Gasteiger partial charge in [0.05, 0.1) is 0 Å². The third-order valence-electron chi connectivity index (χ3n) is 3.10. The van der Waals surface area contributed by atoms with E-state index in [4.69, 9.17) is 0 Å². The smallest absolute Gasteiger partial charge is 0.126 e. The van der Waals surface area contributed by atoms with Crippen LogP contribution in [0.2, 0.25) is 0 Å². The molecule has 1 atom stereocenters. The second-order valence-electron chi connectivity index (χ2n) is 4.57. The van der Waals surface area contributed by atoms with Crippen molar-refractivity contribution in [1.82, 2.24) is 0 Å². The number of alkyl halides is 1. The van der Waals surface area contributed by atoms with Crippen LogP contribution in [0, 0.1) is 12.7 Å². The van der Waals surface area contributed by atoms with Crippen LogP contribution in [0.3, 0.4) is 0 Å². The molecule has 0 fully saturated rings. The van der Waals surface area contributed by atoms with E-state index in [1.165, 1.54) is 17.2 Å². The lowest BCUT2D eigenvalue weighted by Crippen LogP contribution is -2.06. The summed E-state index contributed by atoms with van der Waals surface area (Å²) in [5.41, 5.74) is 3.29. The van der Waals surface area contributed by atoms with Gasteiger partial charge in [0.2, 0.25) is 0 Å². The molecule has 0 nitrogen and oxygen atoms in total. The zero-order valence-corrected chi connectivity index (χ0v) is 12.0. The van der Waals surface area contributed by atoms with Crippen LogP contribution in [0.4, 0.5) is 4.39 Å². The van der Waals surface area contributed by atoms with Gasteiger partial charge in [-0.15, -0.1) is 0 Å². The predicted molar refractivity (Wildman–Crippen MR) is 77.8 cm³/mol. The molecule has 2 aromatic carbocycles. The molecule has 0 aliphatic carbocycles. The molecule has 2 aromatic rings. The Balaban J connectivity index is 2.23. The van der Waals surface area contributed by atoms with Crippen LogP contribution in [0.25, 0.3) is 0 Å². The van der Waals surface area contributed by atoms with E-state index in [9.17, 15) is 4.39 Å². The summed E-state index contributed by atoms with van der Waals surface area (Å²) < 4.78 is 13.8. The van der Waals surface area contributed by atoms with Crippen LogP contribution < -0.4 is 0 Å². The highest BCUT2D eigenvalue weighted by Gasteiger charge is 2.14. The summed E-state index contributed by atoms with van der Waals surface area (Å²) in [6.07, 6.45) is 0.855. The van der Waals surface area contributed by atoms with Gasteiger partial charge in [-0.3, -0.25) is 0 Å². The summed E-state index contributed by atoms with van der Waals surface area (Å²) >= 11 is 3.50. The quantitative estimate of drug-likeness (QED) is 0.708. The van der Waals surface area contributed by atoms with E-state index in [2.05, 4.69) is 47.1 Å². The van der Waals surface area contributed by atoms with E-state index in [1.807, 2.05) is 12.1 Å². The Morgan fingerprint density at radius 2 is 1.89 bits per heavy atom. The second kappa shape index (κ2) is 6.14. The standard InChI is InChI=1S/C16H16BrF/c1-12-5-4-6-13(9-12)10-14(11-17)15-7-2-3-8-16(15)18/h2-9,14H,10-11H2,1H3. The molecule has 94 valence electrons. The molecule has 0 spiro atoms. The van der Waals surface area contributed by atoms with Gasteiger partial charge in [0, 0.05) is 11.2 Å². The SMILES string of the molecule is Cc1cccc(CC(CBr)c2ccccc2F)c1. The first kappa shape index (κ1) is 13.3. The van der Waals surface area contributed by atoms with Gasteiger partial charge >= 0.3 is 0 Å². The number of aryl methyl sites for hydroxylation is 1. The molecule has 2 rings (SSSR count). The molecule has 0 saturated carbocycles. The van der Waals surface area contributed by atoms with E-state index in [1.54, 1.807) is 6.07 Å². The van der Waals surface area contributed by atoms with E-state index in [0.717, 1.165) is 17.3 Å². The van der Waals surface area contributed by atoms with Crippen molar-refractivity contribution in [3.8, 4) is 0 Å². The molecule has 0 aliphatic heterocycles. The van der Waals surface area contributed by atoms with Crippen molar-refractivity contribution in [1.29, 1.82) is 0 Å². The van der Waals surface area contributed by atoms with Crippen molar-refractivity contribution < 1.29 is 4.39 Å². The summed E-state index contributed by atoms with van der Waals surface area (Å²) in [6.45, 7) is 2.08. The molecular weight excluding hydrogens is 291 g/mol. The minimum Gasteiger partial charge on any atom is -0.207 e. The van der Waals surface area contributed by atoms with Gasteiger partial charge in [-0.1, -0.05) is 64.0 Å². The van der Waals surface area contributed by atoms with Gasteiger partial charge in [-0.2, -0.15) is 0 Å². The Hall–Kier alpha value is -1.15. The number of hydrogen-bond donors (Lipinski definition) is 0. The molecule has 0 radical (unpaired) electrons. The molecule has 0 N–H and O–H groups in total. The van der Waals surface area contributed by atoms with Gasteiger partial charge in [-0.05, 0) is 30.5 Å². The van der Waals surface area contributed by atoms with Crippen LogP contribution in [0.1, 0.15) is 22.6 Å². The second-order valence-corrected chi connectivity index (χ2v) is 5.21. The summed E-state index contributed by atoms with van der Waals surface area (Å²) in [5, 5.41) is 0.766. The number of benzene rings is 2. The predicted octanol–water partition coefficient (Wildman–Crippen LogP) is 4.86. The first-order chi connectivity index (χ1) is 8.70. The highest BCUT2D eigenvalue weighted by atomic mass is 79.9. The highest BCUT2D eigenvalue weighted by Crippen LogP contribution is 2.25. The van der Waals surface area contributed by atoms with Crippen LogP contribution in [-0.4, -0.2) is 5.33 Å². The fourth-order valence-corrected chi connectivity index (χ4v) is 2.76. The Labute approximate surface area is 116 Å². The van der Waals surface area contributed by atoms with E-state index < -0.39 is 0 Å². The Bertz CT molecular complexity index is 522. The summed E-state index contributed by atoms with van der Waals surface area (Å²) in [6, 6.07) is 15.4. The largest absolute Gasteiger partial charge is 0.207 e. The van der Waals surface area contributed by atoms with Crippen molar-refractivity contribution >= 4 is 15.9 Å². The highest BCUT2D eigenvalue weighted by molar-refractivity contribution is 9.09. The molecule has 2 heteroatoms. The fourth-order valence-electron chi connectivity index (χ4n) is 2.18. The van der Waals surface area contributed by atoms with Gasteiger partial charge < -0.3 is 0 Å². The van der Waals surface area contributed by atoms with Crippen LogP contribution in [-0.2, 0) is 6.42 Å². The van der Waals surface area contributed by atoms with Crippen molar-refractivity contribution in [3.05, 3.63) is 71.0 Å². The lowest BCUT2D eigenvalue weighted by molar-refractivity contribution is 0.590. The molecular formula is C16H16BrF. The van der Waals surface area contributed by atoms with Gasteiger partial charge in [0.1, 0.15) is 5.82 Å². The van der Waals surface area contributed by atoms with Crippen LogP contribution >= 0.6 is 15.9 Å². The fraction of sp³-hybridized carbons (Fsp3) is 0.250. The van der Waals surface area contributed by atoms with Gasteiger partial charge in [0.25, 0.3) is 0 Å². The van der Waals surface area contributed by atoms with Crippen molar-refractivity contribution in [2.45, 2.75) is 19.3 Å². The number of hydrogen-bond acceptors (Lipinski definition) is 0. The molecule has 0 bridgehead atoms. The van der Waals surface area contributed by atoms with E-state index >= 15 is 0 Å². The molecule has 0 amide bonds. The zero-order chi connectivity index (χ0) is 13.0. The zero-order valence-electron chi connectivity index (χ0n) is 10.4. The molecule has 18 heavy (non-hydrogen) atoms. The Kier molecular flexibility index (Phi) is 4.54. The third-order valence-corrected chi connectivity index (χ3v) is 3.88. The maximum Gasteiger partial charge on any atom is 0.126 e. The summed E-state index contributed by atoms with van der Waals surface area (Å²) in [5.74, 6) is 0.0580. The molecule has 0 aliphatic rings. The lowest BCUT2D eigenvalue weighted by atomic mass is 9.93. The average molecular weight is 307 g/mol. The van der Waals surface area contributed by atoms with Crippen molar-refractivity contribution in [2.24, 2.45) is 0 Å². The Morgan fingerprint density at radius 1 is 1.11 bits per heavy atom. The molecule has 0 saturated heterocycles. The first-order valence-electron chi connectivity index (χ1n) is 6.06. The van der Waals surface area contributed by atoms with E-state index in [-0.39, 0.29) is 11.7 Å². The van der Waals surface area contributed by atoms with Crippen LogP contribution in [0.15, 0.2) is 48.5 Å². The molecule has 0 heterocycles. The normalized spacial score (nSPS) is 12.4. The maximum atomic E-state index is 13.8. The number of halogens is 2. The minimum atomic E-state index is -0.116. The van der Waals surface area contributed by atoms with E-state index in [0.29, 0.717) is 0 Å². The van der Waals surface area contributed by atoms with Crippen molar-refractivity contribution in [2.75, 3.05) is 5.33 Å². The Morgan fingerprint density at radius 3 is 2.56 bits per heavy atom. The topological polar surface area (TPSA) is 0 Å². The van der Waals surface area contributed by atoms with Crippen molar-refractivity contribution in [3.63, 3.8) is 0 Å². The third kappa shape index (κ3) is 3.20. The molecule has 0 aromatic heterocycles. The lowest BCUT2D eigenvalue weighted by Gasteiger charge is -2.15. The summed E-state index contributed by atoms with van der Waals surface area (Å²) in [4.78, 5) is 0. The van der Waals surface area contributed by atoms with Gasteiger partial charge in [-0.25, -0.2) is 4.39 Å². The number of rotatable bonds is 4. The maximum absolute atomic E-state index is 13.8. The summed E-state index contributed by atoms with van der Waals surface area (Å²) in [7, 11) is 0. The first-order valence-corrected chi connectivity index (χ1v) is 7.19. The van der Waals surface area contributed by atoms with Gasteiger partial charge in [0.15, 0.2) is 0 Å². The molecule has 1 unspecified atom stereocenters. The average Bonchev–Trinajstić information content (AvgIpc) is 2.37. The van der Waals surface area contributed by atoms with Crippen LogP contribution in [0.5, 0.6) is 0 Å². The minimum absolute atomic E-state index is 0.116. The monoisotopic (exact) mass is 306 g/mol.